The molecule has 3 aliphatic heterocycles. The van der Waals surface area contributed by atoms with Gasteiger partial charge in [-0.05, 0) is 0 Å². The van der Waals surface area contributed by atoms with E-state index in [1.807, 2.05) is 0 Å². The van der Waals surface area contributed by atoms with Crippen LogP contribution in [0, 0.1) is 0 Å². The summed E-state index contributed by atoms with van der Waals surface area (Å²) in [6.45, 7) is -3.49. The molecule has 200 valence electrons. The summed E-state index contributed by atoms with van der Waals surface area (Å²) in [5.74, 6) is -2.43. The summed E-state index contributed by atoms with van der Waals surface area (Å²) >= 11 is 0. The van der Waals surface area contributed by atoms with E-state index in [-0.39, 0.29) is 0 Å². The van der Waals surface area contributed by atoms with Gasteiger partial charge in [0, 0.05) is 0 Å². The lowest BCUT2D eigenvalue weighted by molar-refractivity contribution is -0.400. The molecule has 0 amide bonds. The first kappa shape index (κ1) is 27.9. The second-order valence-corrected chi connectivity index (χ2v) is 8.37. The third-order valence-electron chi connectivity index (χ3n) is 6.17. The maximum absolute atomic E-state index is 10.6. The minimum absolute atomic E-state index is 0.777. The molecule has 16 heteroatoms. The highest BCUT2D eigenvalue weighted by atomic mass is 16.8. The van der Waals surface area contributed by atoms with E-state index in [1.54, 1.807) is 0 Å². The van der Waals surface area contributed by atoms with Crippen molar-refractivity contribution in [1.29, 1.82) is 0 Å². The normalized spacial score (nSPS) is 52.1. The molecule has 3 fully saturated rings. The molecule has 34 heavy (non-hydrogen) atoms. The molecular weight excluding hydrogens is 472 g/mol. The molecule has 0 aromatic carbocycles. The highest BCUT2D eigenvalue weighted by Crippen LogP contribution is 2.39. The summed E-state index contributed by atoms with van der Waals surface area (Å²) in [5, 5.41) is 109. The second kappa shape index (κ2) is 11.2. The molecule has 3 aliphatic rings. The number of hydrogen-bond acceptors (Lipinski definition) is 16. The van der Waals surface area contributed by atoms with Crippen molar-refractivity contribution < 1.29 is 79.9 Å². The number of aliphatic hydroxyl groups excluding tert-OH is 11. The van der Waals surface area contributed by atoms with Crippen LogP contribution < -0.4 is 0 Å². The van der Waals surface area contributed by atoms with Crippen LogP contribution in [-0.2, 0) is 23.7 Å². The van der Waals surface area contributed by atoms with Crippen molar-refractivity contribution >= 4 is 0 Å². The van der Waals surface area contributed by atoms with Gasteiger partial charge in [0.25, 0.3) is 0 Å². The zero-order valence-corrected chi connectivity index (χ0v) is 17.8. The molecule has 0 spiro atoms. The molecule has 0 aromatic heterocycles. The largest absolute Gasteiger partial charge is 0.394 e. The fourth-order valence-electron chi connectivity index (χ4n) is 4.12. The van der Waals surface area contributed by atoms with Gasteiger partial charge >= 0.3 is 0 Å². The highest BCUT2D eigenvalue weighted by Gasteiger charge is 2.61. The van der Waals surface area contributed by atoms with Gasteiger partial charge in [0.2, 0.25) is 5.79 Å². The van der Waals surface area contributed by atoms with Crippen LogP contribution in [0.15, 0.2) is 0 Å². The summed E-state index contributed by atoms with van der Waals surface area (Å²) < 4.78 is 27.0. The highest BCUT2D eigenvalue weighted by molar-refractivity contribution is 5.01. The molecule has 0 bridgehead atoms. The molecule has 0 unspecified atom stereocenters. The van der Waals surface area contributed by atoms with Gasteiger partial charge in [0.05, 0.1) is 19.8 Å². The number of rotatable bonds is 8. The van der Waals surface area contributed by atoms with Crippen LogP contribution in [-0.4, -0.2) is 168 Å². The van der Waals surface area contributed by atoms with Crippen molar-refractivity contribution in [2.45, 2.75) is 85.5 Å². The summed E-state index contributed by atoms with van der Waals surface area (Å²) in [7, 11) is 0. The molecule has 3 saturated heterocycles. The van der Waals surface area contributed by atoms with Crippen LogP contribution in [0.1, 0.15) is 0 Å². The van der Waals surface area contributed by atoms with E-state index in [9.17, 15) is 56.2 Å². The summed E-state index contributed by atoms with van der Waals surface area (Å²) in [6, 6.07) is 0. The lowest BCUT2D eigenvalue weighted by Gasteiger charge is -2.45. The Bertz CT molecular complexity index is 651. The quantitative estimate of drug-likeness (QED) is 0.146. The van der Waals surface area contributed by atoms with Crippen LogP contribution in [0.3, 0.4) is 0 Å². The van der Waals surface area contributed by atoms with Gasteiger partial charge in [-0.25, -0.2) is 0 Å². The van der Waals surface area contributed by atoms with Crippen LogP contribution in [0.5, 0.6) is 0 Å². The summed E-state index contributed by atoms with van der Waals surface area (Å²) in [4.78, 5) is 0. The first-order chi connectivity index (χ1) is 16.0. The van der Waals surface area contributed by atoms with Crippen molar-refractivity contribution in [3.8, 4) is 0 Å². The molecule has 0 radical (unpaired) electrons. The third-order valence-corrected chi connectivity index (χ3v) is 6.17. The van der Waals surface area contributed by atoms with Gasteiger partial charge < -0.3 is 79.9 Å². The first-order valence-electron chi connectivity index (χ1n) is 10.6. The second-order valence-electron chi connectivity index (χ2n) is 8.37. The minimum Gasteiger partial charge on any atom is -0.394 e. The molecular formula is C18H32O16. The SMILES string of the molecule is OC[C@H]1O[C@H](O[C@H]2[C@@H](O)[C@@H](CO)O[C@@]2(CO)O[C@H]2O[C@H](CO)[C@@H](O)[C@H](O)[C@H]2O)[C@H](O)[C@@H](O)[C@@H]1O. The van der Waals surface area contributed by atoms with E-state index in [4.69, 9.17) is 23.7 Å². The van der Waals surface area contributed by atoms with Gasteiger partial charge in [-0.3, -0.25) is 0 Å². The smallest absolute Gasteiger partial charge is 0.224 e. The number of aliphatic hydroxyl groups is 11. The fourth-order valence-corrected chi connectivity index (χ4v) is 4.12. The Morgan fingerprint density at radius 1 is 0.559 bits per heavy atom. The summed E-state index contributed by atoms with van der Waals surface area (Å²) in [6.07, 6.45) is -22.3. The van der Waals surface area contributed by atoms with Crippen molar-refractivity contribution in [2.75, 3.05) is 26.4 Å². The van der Waals surface area contributed by atoms with Crippen molar-refractivity contribution in [3.05, 3.63) is 0 Å². The molecule has 0 aromatic rings. The Labute approximate surface area is 192 Å². The average molecular weight is 504 g/mol. The maximum Gasteiger partial charge on any atom is 0.224 e. The molecule has 3 rings (SSSR count). The fraction of sp³-hybridized carbons (Fsp3) is 1.00. The van der Waals surface area contributed by atoms with E-state index in [2.05, 4.69) is 0 Å². The van der Waals surface area contributed by atoms with Crippen LogP contribution in [0.4, 0.5) is 0 Å². The van der Waals surface area contributed by atoms with E-state index in [0.29, 0.717) is 0 Å². The van der Waals surface area contributed by atoms with Gasteiger partial charge in [0.15, 0.2) is 12.6 Å². The number of ether oxygens (including phenoxy) is 5. The molecule has 16 nitrogen and oxygen atoms in total. The zero-order chi connectivity index (χ0) is 25.4. The van der Waals surface area contributed by atoms with Gasteiger partial charge in [0.1, 0.15) is 73.8 Å². The van der Waals surface area contributed by atoms with Gasteiger partial charge in [-0.15, -0.1) is 0 Å². The Balaban J connectivity index is 1.87. The molecule has 3 heterocycles. The van der Waals surface area contributed by atoms with Crippen LogP contribution >= 0.6 is 0 Å². The van der Waals surface area contributed by atoms with Crippen LogP contribution in [0.2, 0.25) is 0 Å². The van der Waals surface area contributed by atoms with E-state index < -0.39 is 112 Å². The Morgan fingerprint density at radius 3 is 1.50 bits per heavy atom. The summed E-state index contributed by atoms with van der Waals surface area (Å²) in [5.41, 5.74) is 0. The predicted molar refractivity (Wildman–Crippen MR) is 101 cm³/mol. The Kier molecular flexibility index (Phi) is 9.18. The standard InChI is InChI=1S/C18H32O16/c19-1-5-8(23)11(26)13(28)16(30-5)32-15-10(25)7(3-21)33-18(15,4-22)34-17-14(29)12(27)9(24)6(2-20)31-17/h5-17,19-29H,1-4H2/t5-,6-,7-,8-,9-,10+,11+,12+,13-,14-,15+,16-,17-,18+/m1/s1. The molecule has 0 saturated carbocycles. The zero-order valence-electron chi connectivity index (χ0n) is 17.8. The van der Waals surface area contributed by atoms with E-state index in [0.717, 1.165) is 0 Å². The Hall–Kier alpha value is -0.640. The van der Waals surface area contributed by atoms with E-state index in [1.165, 1.54) is 0 Å². The monoisotopic (exact) mass is 504 g/mol. The predicted octanol–water partition coefficient (Wildman–Crippen LogP) is -7.57. The molecule has 11 N–H and O–H groups in total. The van der Waals surface area contributed by atoms with E-state index >= 15 is 0 Å². The Morgan fingerprint density at radius 2 is 1.03 bits per heavy atom. The van der Waals surface area contributed by atoms with Gasteiger partial charge in [-0.1, -0.05) is 0 Å². The van der Waals surface area contributed by atoms with Crippen molar-refractivity contribution in [2.24, 2.45) is 0 Å². The minimum atomic E-state index is -2.43. The molecule has 0 aliphatic carbocycles. The lowest BCUT2D eigenvalue weighted by atomic mass is 9.98. The lowest BCUT2D eigenvalue weighted by Crippen LogP contribution is -2.64. The number of hydrogen-bond donors (Lipinski definition) is 11. The average Bonchev–Trinajstić information content (AvgIpc) is 3.10. The van der Waals surface area contributed by atoms with Gasteiger partial charge in [-0.2, -0.15) is 0 Å². The first-order valence-corrected chi connectivity index (χ1v) is 10.6. The molecule has 14 atom stereocenters. The van der Waals surface area contributed by atoms with Crippen molar-refractivity contribution in [3.63, 3.8) is 0 Å². The third kappa shape index (κ3) is 4.96. The maximum atomic E-state index is 10.6. The van der Waals surface area contributed by atoms with Crippen molar-refractivity contribution in [1.82, 2.24) is 0 Å². The van der Waals surface area contributed by atoms with Crippen LogP contribution in [0.25, 0.3) is 0 Å². The topological polar surface area (TPSA) is 269 Å².